The van der Waals surface area contributed by atoms with Crippen LogP contribution < -0.4 is 15.6 Å². The first-order chi connectivity index (χ1) is 16.4. The molecular weight excluding hydrogens is 496 g/mol. The largest absolute Gasteiger partial charge is 0.369 e. The number of imidazole rings is 1. The van der Waals surface area contributed by atoms with Crippen molar-refractivity contribution < 1.29 is 21.3 Å². The highest BCUT2D eigenvalue weighted by molar-refractivity contribution is 7.92. The van der Waals surface area contributed by atoms with Crippen LogP contribution in [0.5, 0.6) is 0 Å². The second-order valence-electron chi connectivity index (χ2n) is 9.04. The molecule has 1 aliphatic rings. The van der Waals surface area contributed by atoms with Gasteiger partial charge in [-0.2, -0.15) is 9.94 Å². The van der Waals surface area contributed by atoms with E-state index in [1.165, 1.54) is 12.1 Å². The maximum Gasteiger partial charge on any atom is 0.242 e. The molecule has 184 valence electrons. The molecule has 2 aromatic carbocycles. The molecule has 0 saturated carbocycles. The van der Waals surface area contributed by atoms with E-state index < -0.39 is 29.8 Å². The van der Waals surface area contributed by atoms with Crippen molar-refractivity contribution in [1.82, 2.24) is 35.3 Å². The van der Waals surface area contributed by atoms with Crippen molar-refractivity contribution in [3.05, 3.63) is 30.3 Å². The molecule has 14 nitrogen and oxygen atoms in total. The van der Waals surface area contributed by atoms with Gasteiger partial charge in [-0.1, -0.05) is 18.2 Å². The highest BCUT2D eigenvalue weighted by atomic mass is 32.2. The van der Waals surface area contributed by atoms with Crippen LogP contribution in [-0.2, 0) is 20.0 Å². The number of H-pyrrole nitrogens is 2. The van der Waals surface area contributed by atoms with Crippen molar-refractivity contribution in [2.45, 2.75) is 15.8 Å². The summed E-state index contributed by atoms with van der Waals surface area (Å²) >= 11 is 0. The number of sulfonamides is 2. The van der Waals surface area contributed by atoms with Crippen LogP contribution in [0.3, 0.4) is 0 Å². The lowest BCUT2D eigenvalue weighted by Gasteiger charge is -2.44. The second kappa shape index (κ2) is 7.79. The van der Waals surface area contributed by atoms with E-state index in [9.17, 15) is 16.8 Å². The van der Waals surface area contributed by atoms with E-state index in [4.69, 9.17) is 10.9 Å². The summed E-state index contributed by atoms with van der Waals surface area (Å²) in [6, 6.07) is 7.48. The Balaban J connectivity index is 1.78. The molecule has 3 heterocycles. The zero-order chi connectivity index (χ0) is 25.2. The highest BCUT2D eigenvalue weighted by Gasteiger charge is 2.41. The van der Waals surface area contributed by atoms with Crippen molar-refractivity contribution in [3.63, 3.8) is 0 Å². The number of aromatic nitrogens is 6. The van der Waals surface area contributed by atoms with Gasteiger partial charge in [0, 0.05) is 5.56 Å². The quantitative estimate of drug-likeness (QED) is 0.205. The first-order valence-corrected chi connectivity index (χ1v) is 13.4. The van der Waals surface area contributed by atoms with E-state index in [1.54, 1.807) is 18.2 Å². The third-order valence-electron chi connectivity index (χ3n) is 5.84. The highest BCUT2D eigenvalue weighted by Crippen LogP contribution is 2.40. The molecule has 0 unspecified atom stereocenters. The first-order valence-electron chi connectivity index (χ1n) is 10.4. The lowest BCUT2D eigenvalue weighted by atomic mass is 9.98. The maximum absolute atomic E-state index is 13.4. The predicted octanol–water partition coefficient (Wildman–Crippen LogP) is -0.623. The van der Waals surface area contributed by atoms with Gasteiger partial charge in [0.15, 0.2) is 5.95 Å². The van der Waals surface area contributed by atoms with Crippen LogP contribution in [0.2, 0.25) is 0 Å². The maximum atomic E-state index is 13.4. The van der Waals surface area contributed by atoms with Gasteiger partial charge in [-0.3, -0.25) is 0 Å². The summed E-state index contributed by atoms with van der Waals surface area (Å²) in [5.41, 5.74) is 7.49. The molecule has 0 amide bonds. The predicted molar refractivity (Wildman–Crippen MR) is 126 cm³/mol. The number of fused-ring (bicyclic) bond motifs is 1. The lowest BCUT2D eigenvalue weighted by Crippen LogP contribution is -2.67. The monoisotopic (exact) mass is 519 g/mol. The number of anilines is 1. The van der Waals surface area contributed by atoms with Gasteiger partial charge in [0.25, 0.3) is 0 Å². The smallest absolute Gasteiger partial charge is 0.242 e. The van der Waals surface area contributed by atoms with Gasteiger partial charge in [0.1, 0.15) is 28.9 Å². The first kappa shape index (κ1) is 23.3. The molecule has 2 aromatic heterocycles. The fraction of sp³-hybridized carbons (Fsp3) is 0.263. The van der Waals surface area contributed by atoms with Crippen LogP contribution in [0, 0.1) is 0 Å². The molecule has 7 N–H and O–H groups in total. The Morgan fingerprint density at radius 3 is 2.46 bits per heavy atom. The van der Waals surface area contributed by atoms with Gasteiger partial charge in [-0.05, 0) is 22.9 Å². The van der Waals surface area contributed by atoms with Crippen molar-refractivity contribution in [3.8, 4) is 22.5 Å². The number of likely N-dealkylation sites (N-methyl/N-ethyl adjacent to an activating group) is 1. The lowest BCUT2D eigenvalue weighted by molar-refractivity contribution is -0.930. The van der Waals surface area contributed by atoms with E-state index in [2.05, 4.69) is 35.3 Å². The van der Waals surface area contributed by atoms with E-state index in [0.717, 1.165) is 0 Å². The van der Waals surface area contributed by atoms with Gasteiger partial charge in [0.2, 0.25) is 25.9 Å². The summed E-state index contributed by atoms with van der Waals surface area (Å²) in [4.78, 5) is 6.06. The van der Waals surface area contributed by atoms with Crippen LogP contribution in [0.15, 0.2) is 40.1 Å². The Kier molecular flexibility index (Phi) is 5.19. The number of nitrogens with zero attached hydrogens (tertiary/aromatic N) is 5. The number of nitrogens with one attached hydrogen (secondary N) is 3. The molecule has 0 spiro atoms. The van der Waals surface area contributed by atoms with Crippen molar-refractivity contribution in [2.24, 2.45) is 5.14 Å². The molecule has 1 fully saturated rings. The summed E-state index contributed by atoms with van der Waals surface area (Å²) < 4.78 is 55.7. The van der Waals surface area contributed by atoms with E-state index >= 15 is 0 Å². The number of aromatic amines is 2. The van der Waals surface area contributed by atoms with Crippen LogP contribution in [0.25, 0.3) is 33.5 Å². The van der Waals surface area contributed by atoms with Gasteiger partial charge in [-0.15, -0.1) is 10.2 Å². The normalized spacial score (nSPS) is 16.4. The summed E-state index contributed by atoms with van der Waals surface area (Å²) in [7, 11) is -4.95. The Morgan fingerprint density at radius 2 is 1.83 bits per heavy atom. The topological polar surface area (TPSA) is 215 Å². The number of quaternary nitrogens is 1. The SMILES string of the molecule is C[N+]1(C)CC(NS(=O)(=O)c2ccc(-c3cccc4[nH]c(N)nc34)c(-c3nn[nH]n3)c2S(N)(=O)=O)C1. The number of likely N-dealkylation sites (tertiary alicyclic amines) is 1. The summed E-state index contributed by atoms with van der Waals surface area (Å²) in [6.07, 6.45) is 0. The molecule has 5 rings (SSSR count). The van der Waals surface area contributed by atoms with Gasteiger partial charge < -0.3 is 15.2 Å². The number of hydrogen-bond donors (Lipinski definition) is 5. The molecule has 4 aromatic rings. The fourth-order valence-electron chi connectivity index (χ4n) is 4.54. The molecule has 1 saturated heterocycles. The summed E-state index contributed by atoms with van der Waals surface area (Å²) in [5, 5.41) is 19.2. The van der Waals surface area contributed by atoms with E-state index in [1.807, 2.05) is 14.1 Å². The Morgan fingerprint density at radius 1 is 1.09 bits per heavy atom. The minimum Gasteiger partial charge on any atom is -0.369 e. The van der Waals surface area contributed by atoms with Crippen molar-refractivity contribution in [2.75, 3.05) is 32.9 Å². The third kappa shape index (κ3) is 4.14. The molecule has 1 aliphatic heterocycles. The van der Waals surface area contributed by atoms with Gasteiger partial charge >= 0.3 is 0 Å². The molecule has 35 heavy (non-hydrogen) atoms. The molecule has 0 bridgehead atoms. The van der Waals surface area contributed by atoms with Crippen LogP contribution in [0.4, 0.5) is 5.95 Å². The van der Waals surface area contributed by atoms with E-state index in [0.29, 0.717) is 34.2 Å². The number of tetrazole rings is 1. The van der Waals surface area contributed by atoms with Crippen LogP contribution in [0.1, 0.15) is 0 Å². The Bertz CT molecular complexity index is 1650. The number of rotatable bonds is 6. The fourth-order valence-corrected chi connectivity index (χ4v) is 7.36. The molecule has 0 radical (unpaired) electrons. The molecular formula is C19H23N10O4S2+. The number of primary sulfonamides is 1. The average Bonchev–Trinajstić information content (AvgIpc) is 3.39. The average molecular weight is 520 g/mol. The Hall–Kier alpha value is -3.44. The van der Waals surface area contributed by atoms with Gasteiger partial charge in [-0.25, -0.2) is 27.0 Å². The minimum absolute atomic E-state index is 0.122. The summed E-state index contributed by atoms with van der Waals surface area (Å²) in [5.74, 6) is 0.00786. The van der Waals surface area contributed by atoms with Crippen molar-refractivity contribution >= 4 is 37.0 Å². The number of nitrogen functional groups attached to an aromatic ring is 1. The minimum atomic E-state index is -4.60. The Labute approximate surface area is 200 Å². The zero-order valence-electron chi connectivity index (χ0n) is 18.7. The zero-order valence-corrected chi connectivity index (χ0v) is 20.4. The standard InChI is InChI=1S/C19H23N10O4S2/c1-29(2)8-10(9-29)26-35(32,33)14-7-6-11(12-4-3-5-13-16(12)23-19(20)22-13)15(17(14)34(21,30)31)18-24-27-28-25-18/h3-7,10,26H,8-9H2,1-2H3,(H3,20,22,23)(H2,21,30,31)(H,24,25,27,28)/q+1. The van der Waals surface area contributed by atoms with Crippen molar-refractivity contribution in [1.29, 1.82) is 0 Å². The molecule has 0 atom stereocenters. The summed E-state index contributed by atoms with van der Waals surface area (Å²) in [6.45, 7) is 1.12. The number of hydrogen-bond acceptors (Lipinski definition) is 9. The molecule has 16 heteroatoms. The van der Waals surface area contributed by atoms with Crippen LogP contribution in [-0.4, -0.2) is 85.1 Å². The number of para-hydroxylation sites is 1. The number of nitrogens with two attached hydrogens (primary N) is 2. The van der Waals surface area contributed by atoms with Gasteiger partial charge in [0.05, 0.1) is 30.7 Å². The number of benzene rings is 2. The van der Waals surface area contributed by atoms with E-state index in [-0.39, 0.29) is 28.9 Å². The third-order valence-corrected chi connectivity index (χ3v) is 8.52. The second-order valence-corrected chi connectivity index (χ2v) is 12.2. The van der Waals surface area contributed by atoms with Crippen LogP contribution >= 0.6 is 0 Å². The molecule has 0 aliphatic carbocycles.